The van der Waals surface area contributed by atoms with Gasteiger partial charge in [-0.15, -0.1) is 0 Å². The molecular formula is C8H10ClN3O. The molecule has 1 rings (SSSR count). The van der Waals surface area contributed by atoms with Gasteiger partial charge < -0.3 is 11.1 Å². The van der Waals surface area contributed by atoms with Crippen LogP contribution in [0.4, 0.5) is 0 Å². The third kappa shape index (κ3) is 3.01. The molecule has 0 bridgehead atoms. The molecule has 0 aliphatic rings. The van der Waals surface area contributed by atoms with Crippen LogP contribution in [0.5, 0.6) is 0 Å². The lowest BCUT2D eigenvalue weighted by Crippen LogP contribution is -2.29. The predicted octanol–water partition coefficient (Wildman–Crippen LogP) is 0.310. The van der Waals surface area contributed by atoms with E-state index in [2.05, 4.69) is 10.3 Å². The summed E-state index contributed by atoms with van der Waals surface area (Å²) in [6, 6.07) is 1.67. The Labute approximate surface area is 81.1 Å². The van der Waals surface area contributed by atoms with Gasteiger partial charge in [-0.1, -0.05) is 11.6 Å². The molecule has 0 aliphatic carbocycles. The van der Waals surface area contributed by atoms with Crippen molar-refractivity contribution >= 4 is 17.5 Å². The van der Waals surface area contributed by atoms with Crippen LogP contribution in [-0.2, 0) is 11.3 Å². The first-order valence-electron chi connectivity index (χ1n) is 3.79. The van der Waals surface area contributed by atoms with Crippen molar-refractivity contribution in [1.29, 1.82) is 0 Å². The van der Waals surface area contributed by atoms with Gasteiger partial charge in [0.05, 0.1) is 6.54 Å². The molecule has 70 valence electrons. The Morgan fingerprint density at radius 2 is 2.46 bits per heavy atom. The molecule has 0 aromatic carbocycles. The van der Waals surface area contributed by atoms with Gasteiger partial charge in [0.1, 0.15) is 0 Å². The normalized spacial score (nSPS) is 9.69. The number of aromatic nitrogens is 1. The highest BCUT2D eigenvalue weighted by molar-refractivity contribution is 6.31. The average molecular weight is 200 g/mol. The second-order valence-corrected chi connectivity index (χ2v) is 2.86. The van der Waals surface area contributed by atoms with E-state index >= 15 is 0 Å². The highest BCUT2D eigenvalue weighted by Gasteiger charge is 2.01. The number of halogens is 1. The summed E-state index contributed by atoms with van der Waals surface area (Å²) in [5.74, 6) is -0.208. The van der Waals surface area contributed by atoms with Gasteiger partial charge in [-0.3, -0.25) is 9.78 Å². The van der Waals surface area contributed by atoms with E-state index < -0.39 is 0 Å². The highest BCUT2D eigenvalue weighted by atomic mass is 35.5. The quantitative estimate of drug-likeness (QED) is 0.736. The second kappa shape index (κ2) is 4.79. The zero-order valence-corrected chi connectivity index (χ0v) is 7.71. The number of carbonyl (C=O) groups excluding carboxylic acids is 1. The van der Waals surface area contributed by atoms with E-state index in [9.17, 15) is 4.79 Å². The minimum atomic E-state index is -0.208. The largest absolute Gasteiger partial charge is 0.351 e. The number of carbonyl (C=O) groups is 1. The van der Waals surface area contributed by atoms with E-state index in [-0.39, 0.29) is 12.5 Å². The Morgan fingerprint density at radius 3 is 3.08 bits per heavy atom. The summed E-state index contributed by atoms with van der Waals surface area (Å²) in [5, 5.41) is 3.19. The fourth-order valence-electron chi connectivity index (χ4n) is 0.806. The molecule has 0 saturated carbocycles. The third-order valence-electron chi connectivity index (χ3n) is 1.51. The van der Waals surface area contributed by atoms with Crippen molar-refractivity contribution in [2.75, 3.05) is 6.54 Å². The summed E-state index contributed by atoms with van der Waals surface area (Å²) >= 11 is 5.83. The second-order valence-electron chi connectivity index (χ2n) is 2.45. The molecule has 4 nitrogen and oxygen atoms in total. The van der Waals surface area contributed by atoms with Gasteiger partial charge in [0, 0.05) is 29.5 Å². The van der Waals surface area contributed by atoms with E-state index in [0.717, 1.165) is 5.56 Å². The number of nitrogens with two attached hydrogens (primary N) is 1. The lowest BCUT2D eigenvalue weighted by Gasteiger charge is -2.04. The van der Waals surface area contributed by atoms with Gasteiger partial charge in [-0.2, -0.15) is 0 Å². The summed E-state index contributed by atoms with van der Waals surface area (Å²) in [4.78, 5) is 14.7. The molecule has 0 fully saturated rings. The monoisotopic (exact) mass is 199 g/mol. The lowest BCUT2D eigenvalue weighted by atomic mass is 10.3. The molecule has 1 amide bonds. The molecule has 1 aromatic rings. The molecule has 0 saturated heterocycles. The smallest absolute Gasteiger partial charge is 0.234 e. The first-order chi connectivity index (χ1) is 6.24. The van der Waals surface area contributed by atoms with Crippen molar-refractivity contribution in [2.24, 2.45) is 5.73 Å². The van der Waals surface area contributed by atoms with Crippen molar-refractivity contribution < 1.29 is 4.79 Å². The zero-order valence-electron chi connectivity index (χ0n) is 6.96. The molecule has 1 aromatic heterocycles. The van der Waals surface area contributed by atoms with Crippen LogP contribution in [0, 0.1) is 0 Å². The third-order valence-corrected chi connectivity index (χ3v) is 1.87. The molecule has 0 unspecified atom stereocenters. The molecule has 0 aliphatic heterocycles. The van der Waals surface area contributed by atoms with Crippen LogP contribution in [0.15, 0.2) is 18.5 Å². The minimum Gasteiger partial charge on any atom is -0.351 e. The first kappa shape index (κ1) is 9.95. The standard InChI is InChI=1S/C8H10ClN3O/c9-7-1-2-11-4-6(7)5-12-8(13)3-10/h1-2,4H,3,5,10H2,(H,12,13). The van der Waals surface area contributed by atoms with Crippen LogP contribution in [0.2, 0.25) is 5.02 Å². The Bertz CT molecular complexity index is 303. The van der Waals surface area contributed by atoms with Gasteiger partial charge >= 0.3 is 0 Å². The van der Waals surface area contributed by atoms with Crippen LogP contribution in [-0.4, -0.2) is 17.4 Å². The Hall–Kier alpha value is -1.13. The summed E-state index contributed by atoms with van der Waals surface area (Å²) in [6.07, 6.45) is 3.20. The average Bonchev–Trinajstić information content (AvgIpc) is 2.16. The van der Waals surface area contributed by atoms with Crippen molar-refractivity contribution in [2.45, 2.75) is 6.54 Å². The van der Waals surface area contributed by atoms with Crippen molar-refractivity contribution in [3.8, 4) is 0 Å². The number of rotatable bonds is 3. The number of amides is 1. The molecule has 13 heavy (non-hydrogen) atoms. The fourth-order valence-corrected chi connectivity index (χ4v) is 0.978. The predicted molar refractivity (Wildman–Crippen MR) is 50.1 cm³/mol. The number of pyridine rings is 1. The van der Waals surface area contributed by atoms with Gasteiger partial charge in [0.2, 0.25) is 5.91 Å². The van der Waals surface area contributed by atoms with Gasteiger partial charge in [0.25, 0.3) is 0 Å². The summed E-state index contributed by atoms with van der Waals surface area (Å²) < 4.78 is 0. The van der Waals surface area contributed by atoms with Crippen molar-refractivity contribution in [1.82, 2.24) is 10.3 Å². The summed E-state index contributed by atoms with van der Waals surface area (Å²) in [7, 11) is 0. The van der Waals surface area contributed by atoms with E-state index in [1.807, 2.05) is 0 Å². The summed E-state index contributed by atoms with van der Waals surface area (Å²) in [6.45, 7) is 0.348. The number of nitrogens with zero attached hydrogens (tertiary/aromatic N) is 1. The van der Waals surface area contributed by atoms with E-state index in [4.69, 9.17) is 17.3 Å². The molecule has 0 radical (unpaired) electrons. The van der Waals surface area contributed by atoms with Crippen molar-refractivity contribution in [3.63, 3.8) is 0 Å². The molecule has 0 atom stereocenters. The lowest BCUT2D eigenvalue weighted by molar-refractivity contribution is -0.119. The summed E-state index contributed by atoms with van der Waals surface area (Å²) in [5.41, 5.74) is 5.90. The molecule has 3 N–H and O–H groups in total. The fraction of sp³-hybridized carbons (Fsp3) is 0.250. The number of hydrogen-bond donors (Lipinski definition) is 2. The van der Waals surface area contributed by atoms with Crippen LogP contribution in [0.1, 0.15) is 5.56 Å². The maximum absolute atomic E-state index is 10.8. The minimum absolute atomic E-state index is 0.0160. The maximum Gasteiger partial charge on any atom is 0.234 e. The zero-order chi connectivity index (χ0) is 9.68. The SMILES string of the molecule is NCC(=O)NCc1cnccc1Cl. The topological polar surface area (TPSA) is 68.0 Å². The Kier molecular flexibility index (Phi) is 3.67. The van der Waals surface area contributed by atoms with Gasteiger partial charge in [0.15, 0.2) is 0 Å². The molecule has 0 spiro atoms. The highest BCUT2D eigenvalue weighted by Crippen LogP contribution is 2.12. The number of hydrogen-bond acceptors (Lipinski definition) is 3. The van der Waals surface area contributed by atoms with E-state index in [1.54, 1.807) is 18.5 Å². The molecule has 1 heterocycles. The maximum atomic E-state index is 10.8. The van der Waals surface area contributed by atoms with Crippen LogP contribution >= 0.6 is 11.6 Å². The van der Waals surface area contributed by atoms with Crippen molar-refractivity contribution in [3.05, 3.63) is 29.0 Å². The number of nitrogens with one attached hydrogen (secondary N) is 1. The van der Waals surface area contributed by atoms with Gasteiger partial charge in [-0.25, -0.2) is 0 Å². The van der Waals surface area contributed by atoms with Crippen LogP contribution in [0.25, 0.3) is 0 Å². The Balaban J connectivity index is 2.54. The first-order valence-corrected chi connectivity index (χ1v) is 4.17. The van der Waals surface area contributed by atoms with E-state index in [0.29, 0.717) is 11.6 Å². The Morgan fingerprint density at radius 1 is 1.69 bits per heavy atom. The van der Waals surface area contributed by atoms with Crippen LogP contribution in [0.3, 0.4) is 0 Å². The molecule has 5 heteroatoms. The van der Waals surface area contributed by atoms with E-state index in [1.165, 1.54) is 0 Å². The van der Waals surface area contributed by atoms with Crippen LogP contribution < -0.4 is 11.1 Å². The van der Waals surface area contributed by atoms with Gasteiger partial charge in [-0.05, 0) is 6.07 Å². The molecular weight excluding hydrogens is 190 g/mol.